The van der Waals surface area contributed by atoms with Crippen molar-refractivity contribution in [1.29, 1.82) is 0 Å². The lowest BCUT2D eigenvalue weighted by Crippen LogP contribution is -2.09. The number of rotatable bonds is 6. The van der Waals surface area contributed by atoms with Gasteiger partial charge in [-0.25, -0.2) is 4.79 Å². The molecule has 3 nitrogen and oxygen atoms in total. The lowest BCUT2D eigenvalue weighted by Gasteiger charge is -2.22. The Kier molecular flexibility index (Phi) is 6.34. The van der Waals surface area contributed by atoms with Crippen LogP contribution in [0.25, 0.3) is 0 Å². The van der Waals surface area contributed by atoms with Crippen molar-refractivity contribution in [2.24, 2.45) is 5.41 Å². The van der Waals surface area contributed by atoms with E-state index in [9.17, 15) is 4.79 Å². The fourth-order valence-corrected chi connectivity index (χ4v) is 2.53. The lowest BCUT2D eigenvalue weighted by atomic mass is 9.96. The van der Waals surface area contributed by atoms with Gasteiger partial charge in [-0.05, 0) is 43.0 Å². The van der Waals surface area contributed by atoms with E-state index in [0.29, 0.717) is 0 Å². The molecule has 0 aliphatic heterocycles. The summed E-state index contributed by atoms with van der Waals surface area (Å²) in [7, 11) is 0. The molecule has 0 aliphatic carbocycles. The van der Waals surface area contributed by atoms with Crippen molar-refractivity contribution in [2.45, 2.75) is 52.0 Å². The molecule has 1 aromatic carbocycles. The number of carboxylic acid groups (broad SMARTS) is 1. The van der Waals surface area contributed by atoms with Gasteiger partial charge >= 0.3 is 5.97 Å². The molecular formula is C17H24O3S. The fourth-order valence-electron chi connectivity index (χ4n) is 1.54. The second kappa shape index (κ2) is 7.55. The second-order valence-corrected chi connectivity index (χ2v) is 7.12. The Hall–Kier alpha value is -1.42. The van der Waals surface area contributed by atoms with Crippen LogP contribution in [0.3, 0.4) is 0 Å². The van der Waals surface area contributed by atoms with Gasteiger partial charge in [-0.2, -0.15) is 0 Å². The Labute approximate surface area is 131 Å². The van der Waals surface area contributed by atoms with Gasteiger partial charge < -0.3 is 9.84 Å². The summed E-state index contributed by atoms with van der Waals surface area (Å²) in [5.74, 6) is -0.0719. The Bertz CT molecular complexity index is 498. The van der Waals surface area contributed by atoms with Crippen LogP contribution >= 0.6 is 11.8 Å². The quantitative estimate of drug-likeness (QED) is 0.595. The van der Waals surface area contributed by atoms with Crippen LogP contribution in [0.15, 0.2) is 40.1 Å². The van der Waals surface area contributed by atoms with Gasteiger partial charge in [0, 0.05) is 15.9 Å². The van der Waals surface area contributed by atoms with Crippen LogP contribution in [0.4, 0.5) is 0 Å². The zero-order chi connectivity index (χ0) is 16.0. The Morgan fingerprint density at radius 3 is 2.33 bits per heavy atom. The minimum Gasteiger partial charge on any atom is -0.491 e. The molecule has 1 atom stereocenters. The molecule has 0 amide bonds. The summed E-state index contributed by atoms with van der Waals surface area (Å²) < 4.78 is 5.74. The van der Waals surface area contributed by atoms with Crippen molar-refractivity contribution < 1.29 is 14.6 Å². The smallest absolute Gasteiger partial charge is 0.329 e. The molecule has 1 rings (SSSR count). The van der Waals surface area contributed by atoms with Crippen LogP contribution < -0.4 is 4.74 Å². The Morgan fingerprint density at radius 1 is 1.33 bits per heavy atom. The van der Waals surface area contributed by atoms with E-state index >= 15 is 0 Å². The number of aliphatic carboxylic acids is 1. The fraction of sp³-hybridized carbons (Fsp3) is 0.471. The number of ether oxygens (including phenoxy) is 1. The highest BCUT2D eigenvalue weighted by molar-refractivity contribution is 8.03. The standard InChI is InChI=1S/C17H24O3S/c1-6-12(2)20-13-7-9-14(10-8-13)21-15(11-16(18)19)17(3,4)5/h7-12H,6H2,1-5H3,(H,18,19). The van der Waals surface area contributed by atoms with Gasteiger partial charge in [0.2, 0.25) is 0 Å². The molecule has 0 bridgehead atoms. The number of carboxylic acids is 1. The molecule has 116 valence electrons. The zero-order valence-electron chi connectivity index (χ0n) is 13.3. The molecule has 0 radical (unpaired) electrons. The number of hydrogen-bond acceptors (Lipinski definition) is 3. The summed E-state index contributed by atoms with van der Waals surface area (Å²) in [5, 5.41) is 8.99. The molecule has 0 saturated carbocycles. The van der Waals surface area contributed by atoms with Crippen molar-refractivity contribution in [3.05, 3.63) is 35.2 Å². The lowest BCUT2D eigenvalue weighted by molar-refractivity contribution is -0.131. The highest BCUT2D eigenvalue weighted by Crippen LogP contribution is 2.39. The first-order valence-electron chi connectivity index (χ1n) is 7.12. The molecular weight excluding hydrogens is 284 g/mol. The van der Waals surface area contributed by atoms with Gasteiger partial charge in [-0.3, -0.25) is 0 Å². The molecule has 1 unspecified atom stereocenters. The largest absolute Gasteiger partial charge is 0.491 e. The van der Waals surface area contributed by atoms with Gasteiger partial charge in [0.1, 0.15) is 5.75 Å². The third-order valence-corrected chi connectivity index (χ3v) is 4.42. The van der Waals surface area contributed by atoms with Crippen LogP contribution in [0, 0.1) is 5.41 Å². The van der Waals surface area contributed by atoms with Gasteiger partial charge in [-0.1, -0.05) is 39.5 Å². The van der Waals surface area contributed by atoms with E-state index in [0.717, 1.165) is 22.0 Å². The minimum absolute atomic E-state index is 0.195. The predicted molar refractivity (Wildman–Crippen MR) is 87.9 cm³/mol. The summed E-state index contributed by atoms with van der Waals surface area (Å²) in [5.41, 5.74) is -0.199. The molecule has 0 heterocycles. The summed E-state index contributed by atoms with van der Waals surface area (Å²) >= 11 is 1.48. The van der Waals surface area contributed by atoms with Crippen molar-refractivity contribution in [1.82, 2.24) is 0 Å². The maximum atomic E-state index is 10.9. The van der Waals surface area contributed by atoms with Gasteiger partial charge in [0.05, 0.1) is 6.10 Å². The Balaban J connectivity index is 2.84. The molecule has 4 heteroatoms. The highest BCUT2D eigenvalue weighted by atomic mass is 32.2. The first-order valence-corrected chi connectivity index (χ1v) is 7.93. The molecule has 0 fully saturated rings. The van der Waals surface area contributed by atoms with Crippen molar-refractivity contribution >= 4 is 17.7 Å². The van der Waals surface area contributed by atoms with Crippen LogP contribution in [0.5, 0.6) is 5.75 Å². The first-order chi connectivity index (χ1) is 9.72. The average molecular weight is 308 g/mol. The maximum absolute atomic E-state index is 10.9. The SMILES string of the molecule is CCC(C)Oc1ccc(SC(=CC(=O)O)C(C)(C)C)cc1. The second-order valence-electron chi connectivity index (χ2n) is 6.01. The third kappa shape index (κ3) is 6.25. The average Bonchev–Trinajstić information content (AvgIpc) is 2.38. The summed E-state index contributed by atoms with van der Waals surface area (Å²) in [6.45, 7) is 10.1. The zero-order valence-corrected chi connectivity index (χ0v) is 14.2. The first kappa shape index (κ1) is 17.6. The van der Waals surface area contributed by atoms with Crippen molar-refractivity contribution in [3.8, 4) is 5.75 Å². The highest BCUT2D eigenvalue weighted by Gasteiger charge is 2.19. The molecule has 0 aliphatic rings. The topological polar surface area (TPSA) is 46.5 Å². The van der Waals surface area contributed by atoms with Crippen LogP contribution in [-0.4, -0.2) is 17.2 Å². The predicted octanol–water partition coefficient (Wildman–Crippen LogP) is 4.97. The normalized spacial score (nSPS) is 13.9. The van der Waals surface area contributed by atoms with Crippen LogP contribution in [0.1, 0.15) is 41.0 Å². The van der Waals surface area contributed by atoms with Crippen LogP contribution in [-0.2, 0) is 4.79 Å². The van der Waals surface area contributed by atoms with E-state index in [1.54, 1.807) is 0 Å². The minimum atomic E-state index is -0.913. The van der Waals surface area contributed by atoms with E-state index < -0.39 is 5.97 Å². The van der Waals surface area contributed by atoms with E-state index in [1.807, 2.05) is 52.0 Å². The Morgan fingerprint density at radius 2 is 1.90 bits per heavy atom. The van der Waals surface area contributed by atoms with Crippen molar-refractivity contribution in [2.75, 3.05) is 0 Å². The summed E-state index contributed by atoms with van der Waals surface area (Å²) in [4.78, 5) is 12.8. The van der Waals surface area contributed by atoms with Gasteiger partial charge in [-0.15, -0.1) is 0 Å². The van der Waals surface area contributed by atoms with E-state index in [4.69, 9.17) is 9.84 Å². The van der Waals surface area contributed by atoms with Crippen molar-refractivity contribution in [3.63, 3.8) is 0 Å². The summed E-state index contributed by atoms with van der Waals surface area (Å²) in [6, 6.07) is 7.78. The molecule has 0 spiro atoms. The van der Waals surface area contributed by atoms with E-state index in [1.165, 1.54) is 17.8 Å². The molecule has 1 aromatic rings. The number of carbonyl (C=O) groups is 1. The molecule has 0 saturated heterocycles. The van der Waals surface area contributed by atoms with E-state index in [2.05, 4.69) is 6.92 Å². The van der Waals surface area contributed by atoms with Crippen LogP contribution in [0.2, 0.25) is 0 Å². The monoisotopic (exact) mass is 308 g/mol. The molecule has 21 heavy (non-hydrogen) atoms. The number of thioether (sulfide) groups is 1. The molecule has 0 aromatic heterocycles. The molecule has 1 N–H and O–H groups in total. The van der Waals surface area contributed by atoms with Gasteiger partial charge in [0.25, 0.3) is 0 Å². The summed E-state index contributed by atoms with van der Waals surface area (Å²) in [6.07, 6.45) is 2.45. The van der Waals surface area contributed by atoms with Gasteiger partial charge in [0.15, 0.2) is 0 Å². The maximum Gasteiger partial charge on any atom is 0.329 e. The third-order valence-electron chi connectivity index (χ3n) is 2.96. The van der Waals surface area contributed by atoms with E-state index in [-0.39, 0.29) is 11.5 Å². The number of allylic oxidation sites excluding steroid dienone is 1. The number of benzene rings is 1. The number of hydrogen-bond donors (Lipinski definition) is 1.